The molecule has 0 aliphatic heterocycles. The zero-order valence-corrected chi connectivity index (χ0v) is 12.3. The monoisotopic (exact) mass is 310 g/mol. The number of hydrogen-bond acceptors (Lipinski definition) is 3. The Morgan fingerprint density at radius 1 is 1.47 bits per heavy atom. The van der Waals surface area contributed by atoms with Crippen molar-refractivity contribution in [1.82, 2.24) is 10.3 Å². The third-order valence-electron chi connectivity index (χ3n) is 2.63. The maximum atomic E-state index is 4.49. The fraction of sp³-hybridized carbons (Fsp3) is 0.308. The number of halogens is 1. The van der Waals surface area contributed by atoms with Crippen molar-refractivity contribution < 1.29 is 0 Å². The van der Waals surface area contributed by atoms with E-state index in [4.69, 9.17) is 0 Å². The molecule has 0 bridgehead atoms. The Bertz CT molecular complexity index is 496. The number of pyridine rings is 1. The van der Waals surface area contributed by atoms with Crippen molar-refractivity contribution in [3.63, 3.8) is 0 Å². The fourth-order valence-electron chi connectivity index (χ4n) is 1.81. The van der Waals surface area contributed by atoms with Crippen LogP contribution in [0.1, 0.15) is 29.1 Å². The van der Waals surface area contributed by atoms with Crippen LogP contribution in [0.25, 0.3) is 0 Å². The number of hydrogen-bond donors (Lipinski definition) is 1. The lowest BCUT2D eigenvalue weighted by atomic mass is 10.1. The Hall–Kier alpha value is -0.710. The van der Waals surface area contributed by atoms with Gasteiger partial charge in [-0.05, 0) is 58.5 Å². The molecule has 0 spiro atoms. The summed E-state index contributed by atoms with van der Waals surface area (Å²) in [5.74, 6) is 0. The summed E-state index contributed by atoms with van der Waals surface area (Å²) in [6.07, 6.45) is 1.84. The summed E-state index contributed by atoms with van der Waals surface area (Å²) >= 11 is 5.36. The van der Waals surface area contributed by atoms with Crippen molar-refractivity contribution in [3.05, 3.63) is 50.4 Å². The smallest absolute Gasteiger partial charge is 0.0859 e. The van der Waals surface area contributed by atoms with Crippen LogP contribution >= 0.6 is 27.3 Å². The van der Waals surface area contributed by atoms with Crippen molar-refractivity contribution in [2.45, 2.75) is 19.9 Å². The standard InChI is InChI=1S/C13H15BrN2S/c1-3-15-12(13-9(2)6-8-17-13)11-10(14)5-4-7-16-11/h4-8,12,15H,3H2,1-2H3. The van der Waals surface area contributed by atoms with E-state index < -0.39 is 0 Å². The van der Waals surface area contributed by atoms with Gasteiger partial charge in [-0.25, -0.2) is 0 Å². The number of aryl methyl sites for hydroxylation is 1. The van der Waals surface area contributed by atoms with Crippen LogP contribution in [0.5, 0.6) is 0 Å². The van der Waals surface area contributed by atoms with Crippen LogP contribution in [-0.4, -0.2) is 11.5 Å². The van der Waals surface area contributed by atoms with Crippen LogP contribution in [0.3, 0.4) is 0 Å². The Morgan fingerprint density at radius 3 is 2.88 bits per heavy atom. The predicted octanol–water partition coefficient (Wildman–Crippen LogP) is 3.91. The molecule has 17 heavy (non-hydrogen) atoms. The number of rotatable bonds is 4. The Morgan fingerprint density at radius 2 is 2.29 bits per heavy atom. The first-order valence-corrected chi connectivity index (χ1v) is 7.29. The van der Waals surface area contributed by atoms with Gasteiger partial charge in [0.25, 0.3) is 0 Å². The molecule has 2 heterocycles. The van der Waals surface area contributed by atoms with Gasteiger partial charge in [-0.1, -0.05) is 6.92 Å². The predicted molar refractivity (Wildman–Crippen MR) is 76.5 cm³/mol. The van der Waals surface area contributed by atoms with Crippen LogP contribution in [-0.2, 0) is 0 Å². The summed E-state index contributed by atoms with van der Waals surface area (Å²) in [6.45, 7) is 5.19. The second-order valence-electron chi connectivity index (χ2n) is 3.83. The van der Waals surface area contributed by atoms with Crippen LogP contribution < -0.4 is 5.32 Å². The highest BCUT2D eigenvalue weighted by Gasteiger charge is 2.19. The molecule has 4 heteroatoms. The van der Waals surface area contributed by atoms with Gasteiger partial charge in [0.1, 0.15) is 0 Å². The summed E-state index contributed by atoms with van der Waals surface area (Å²) in [6, 6.07) is 6.31. The van der Waals surface area contributed by atoms with E-state index in [1.807, 2.05) is 18.3 Å². The molecule has 1 N–H and O–H groups in total. The van der Waals surface area contributed by atoms with Gasteiger partial charge >= 0.3 is 0 Å². The fourth-order valence-corrected chi connectivity index (χ4v) is 3.30. The highest BCUT2D eigenvalue weighted by atomic mass is 79.9. The number of nitrogens with zero attached hydrogens (tertiary/aromatic N) is 1. The average molecular weight is 311 g/mol. The second-order valence-corrected chi connectivity index (χ2v) is 5.63. The van der Waals surface area contributed by atoms with E-state index in [0.717, 1.165) is 16.7 Å². The third-order valence-corrected chi connectivity index (χ3v) is 4.39. The molecule has 0 aromatic carbocycles. The molecule has 1 unspecified atom stereocenters. The quantitative estimate of drug-likeness (QED) is 0.926. The van der Waals surface area contributed by atoms with Crippen molar-refractivity contribution in [3.8, 4) is 0 Å². The molecular weight excluding hydrogens is 296 g/mol. The molecule has 1 atom stereocenters. The first kappa shape index (κ1) is 12.7. The minimum Gasteiger partial charge on any atom is -0.305 e. The lowest BCUT2D eigenvalue weighted by Crippen LogP contribution is -2.23. The molecule has 2 aromatic rings. The Labute approximate surface area is 114 Å². The maximum absolute atomic E-state index is 4.49. The third kappa shape index (κ3) is 2.76. The first-order chi connectivity index (χ1) is 8.24. The molecule has 90 valence electrons. The van der Waals surface area contributed by atoms with E-state index in [2.05, 4.69) is 51.5 Å². The first-order valence-electron chi connectivity index (χ1n) is 5.61. The lowest BCUT2D eigenvalue weighted by Gasteiger charge is -2.18. The van der Waals surface area contributed by atoms with E-state index in [9.17, 15) is 0 Å². The average Bonchev–Trinajstić information content (AvgIpc) is 2.74. The Kier molecular flexibility index (Phi) is 4.31. The van der Waals surface area contributed by atoms with Crippen molar-refractivity contribution >= 4 is 27.3 Å². The summed E-state index contributed by atoms with van der Waals surface area (Å²) < 4.78 is 1.05. The molecule has 0 amide bonds. The largest absolute Gasteiger partial charge is 0.305 e. The van der Waals surface area contributed by atoms with Gasteiger partial charge < -0.3 is 5.32 Å². The Balaban J connectivity index is 2.43. The summed E-state index contributed by atoms with van der Waals surface area (Å²) in [7, 11) is 0. The van der Waals surface area contributed by atoms with E-state index in [1.165, 1.54) is 10.4 Å². The molecule has 0 saturated heterocycles. The molecule has 2 aromatic heterocycles. The molecule has 2 rings (SSSR count). The minimum atomic E-state index is 0.176. The van der Waals surface area contributed by atoms with Crippen LogP contribution in [0.15, 0.2) is 34.2 Å². The van der Waals surface area contributed by atoms with Gasteiger partial charge in [0.15, 0.2) is 0 Å². The van der Waals surface area contributed by atoms with Crippen LogP contribution in [0.4, 0.5) is 0 Å². The number of thiophene rings is 1. The van der Waals surface area contributed by atoms with Crippen molar-refractivity contribution in [1.29, 1.82) is 0 Å². The molecule has 0 radical (unpaired) electrons. The summed E-state index contributed by atoms with van der Waals surface area (Å²) in [5, 5.41) is 5.63. The van der Waals surface area contributed by atoms with Gasteiger partial charge in [-0.15, -0.1) is 11.3 Å². The molecule has 2 nitrogen and oxygen atoms in total. The van der Waals surface area contributed by atoms with Gasteiger partial charge in [0, 0.05) is 15.5 Å². The lowest BCUT2D eigenvalue weighted by molar-refractivity contribution is 0.619. The molecule has 0 fully saturated rings. The highest BCUT2D eigenvalue weighted by Crippen LogP contribution is 2.31. The van der Waals surface area contributed by atoms with E-state index in [0.29, 0.717) is 0 Å². The summed E-state index contributed by atoms with van der Waals surface area (Å²) in [5.41, 5.74) is 2.37. The normalized spacial score (nSPS) is 12.6. The second kappa shape index (κ2) is 5.76. The zero-order valence-electron chi connectivity index (χ0n) is 9.90. The van der Waals surface area contributed by atoms with E-state index in [-0.39, 0.29) is 6.04 Å². The molecular formula is C13H15BrN2S. The zero-order chi connectivity index (χ0) is 12.3. The van der Waals surface area contributed by atoms with Crippen molar-refractivity contribution in [2.24, 2.45) is 0 Å². The van der Waals surface area contributed by atoms with Gasteiger partial charge in [0.05, 0.1) is 11.7 Å². The van der Waals surface area contributed by atoms with Crippen molar-refractivity contribution in [2.75, 3.05) is 6.54 Å². The van der Waals surface area contributed by atoms with Gasteiger partial charge in [-0.2, -0.15) is 0 Å². The van der Waals surface area contributed by atoms with Gasteiger partial charge in [0.2, 0.25) is 0 Å². The highest BCUT2D eigenvalue weighted by molar-refractivity contribution is 9.10. The van der Waals surface area contributed by atoms with Crippen LogP contribution in [0, 0.1) is 6.92 Å². The maximum Gasteiger partial charge on any atom is 0.0859 e. The topological polar surface area (TPSA) is 24.9 Å². The van der Waals surface area contributed by atoms with E-state index in [1.54, 1.807) is 11.3 Å². The summed E-state index contributed by atoms with van der Waals surface area (Å²) in [4.78, 5) is 5.83. The molecule has 0 aliphatic rings. The molecule has 0 saturated carbocycles. The number of aromatic nitrogens is 1. The SMILES string of the molecule is CCNC(c1ncccc1Br)c1sccc1C. The minimum absolute atomic E-state index is 0.176. The van der Waals surface area contributed by atoms with E-state index >= 15 is 0 Å². The van der Waals surface area contributed by atoms with Gasteiger partial charge in [-0.3, -0.25) is 4.98 Å². The van der Waals surface area contributed by atoms with Crippen LogP contribution in [0.2, 0.25) is 0 Å². The number of nitrogens with one attached hydrogen (secondary N) is 1. The molecule has 0 aliphatic carbocycles.